The van der Waals surface area contributed by atoms with E-state index in [1.807, 2.05) is 55.8 Å². The molecule has 3 aromatic rings. The number of nitrogens with one attached hydrogen (secondary N) is 1. The molecule has 1 heterocycles. The Morgan fingerprint density at radius 3 is 2.35 bits per heavy atom. The molecule has 3 rings (SSSR count). The number of aryl methyl sites for hydroxylation is 2. The Balaban J connectivity index is 1.78. The quantitative estimate of drug-likeness (QED) is 0.746. The summed E-state index contributed by atoms with van der Waals surface area (Å²) in [5.41, 5.74) is 5.80. The second-order valence-electron chi connectivity index (χ2n) is 6.79. The molecule has 0 aliphatic rings. The first kappa shape index (κ1) is 17.9. The minimum absolute atomic E-state index is 0.0528. The molecule has 0 saturated carbocycles. The average Bonchev–Trinajstić information content (AvgIpc) is 2.91. The van der Waals surface area contributed by atoms with E-state index in [4.69, 9.17) is 0 Å². The highest BCUT2D eigenvalue weighted by atomic mass is 16.1. The van der Waals surface area contributed by atoms with E-state index in [0.29, 0.717) is 12.1 Å². The van der Waals surface area contributed by atoms with Crippen molar-refractivity contribution in [1.82, 2.24) is 15.1 Å². The van der Waals surface area contributed by atoms with E-state index < -0.39 is 0 Å². The van der Waals surface area contributed by atoms with Gasteiger partial charge in [-0.1, -0.05) is 60.2 Å². The van der Waals surface area contributed by atoms with Crippen molar-refractivity contribution in [3.05, 3.63) is 88.2 Å². The maximum atomic E-state index is 12.8. The predicted octanol–water partition coefficient (Wildman–Crippen LogP) is 4.35. The number of aromatic nitrogens is 2. The summed E-state index contributed by atoms with van der Waals surface area (Å²) >= 11 is 0. The molecule has 0 aliphatic heterocycles. The zero-order valence-corrected chi connectivity index (χ0v) is 15.8. The largest absolute Gasteiger partial charge is 0.345 e. The van der Waals surface area contributed by atoms with Gasteiger partial charge >= 0.3 is 0 Å². The second kappa shape index (κ2) is 7.56. The maximum absolute atomic E-state index is 12.8. The fourth-order valence-corrected chi connectivity index (χ4v) is 3.14. The summed E-state index contributed by atoms with van der Waals surface area (Å²) in [6.07, 6.45) is 0. The van der Waals surface area contributed by atoms with Gasteiger partial charge < -0.3 is 5.32 Å². The molecule has 134 valence electrons. The molecule has 2 aromatic carbocycles. The van der Waals surface area contributed by atoms with E-state index in [2.05, 4.69) is 41.6 Å². The molecule has 4 heteroatoms. The van der Waals surface area contributed by atoms with E-state index in [1.165, 1.54) is 11.1 Å². The van der Waals surface area contributed by atoms with Crippen LogP contribution in [0.1, 0.15) is 51.4 Å². The zero-order chi connectivity index (χ0) is 18.7. The summed E-state index contributed by atoms with van der Waals surface area (Å²) in [6.45, 7) is 8.57. The van der Waals surface area contributed by atoms with Crippen molar-refractivity contribution in [2.45, 2.75) is 40.3 Å². The Morgan fingerprint density at radius 2 is 1.69 bits per heavy atom. The third kappa shape index (κ3) is 3.85. The predicted molar refractivity (Wildman–Crippen MR) is 104 cm³/mol. The number of carbonyl (C=O) groups is 1. The third-order valence-corrected chi connectivity index (χ3v) is 4.71. The molecular weight excluding hydrogens is 322 g/mol. The Kier molecular flexibility index (Phi) is 5.21. The third-order valence-electron chi connectivity index (χ3n) is 4.71. The average molecular weight is 347 g/mol. The zero-order valence-electron chi connectivity index (χ0n) is 15.8. The van der Waals surface area contributed by atoms with Crippen LogP contribution in [0.25, 0.3) is 0 Å². The molecule has 0 unspecified atom stereocenters. The Bertz CT molecular complexity index is 895. The van der Waals surface area contributed by atoms with Crippen molar-refractivity contribution in [2.24, 2.45) is 0 Å². The van der Waals surface area contributed by atoms with Crippen LogP contribution in [0.15, 0.2) is 54.6 Å². The monoisotopic (exact) mass is 347 g/mol. The molecule has 1 N–H and O–H groups in total. The minimum Gasteiger partial charge on any atom is -0.345 e. The van der Waals surface area contributed by atoms with Gasteiger partial charge in [0.2, 0.25) is 0 Å². The van der Waals surface area contributed by atoms with Crippen molar-refractivity contribution in [1.29, 1.82) is 0 Å². The first-order chi connectivity index (χ1) is 12.5. The van der Waals surface area contributed by atoms with E-state index in [-0.39, 0.29) is 11.9 Å². The molecule has 0 bridgehead atoms. The van der Waals surface area contributed by atoms with Gasteiger partial charge in [0.15, 0.2) is 0 Å². The molecule has 0 radical (unpaired) electrons. The maximum Gasteiger partial charge on any atom is 0.255 e. The van der Waals surface area contributed by atoms with Crippen LogP contribution in [-0.4, -0.2) is 15.7 Å². The van der Waals surface area contributed by atoms with Crippen molar-refractivity contribution >= 4 is 5.91 Å². The van der Waals surface area contributed by atoms with E-state index in [0.717, 1.165) is 17.0 Å². The minimum atomic E-state index is -0.0773. The fourth-order valence-electron chi connectivity index (χ4n) is 3.14. The number of carbonyl (C=O) groups excluding carboxylic acids is 1. The van der Waals surface area contributed by atoms with Gasteiger partial charge in [0.25, 0.3) is 5.91 Å². The topological polar surface area (TPSA) is 46.9 Å². The van der Waals surface area contributed by atoms with Crippen LogP contribution in [0, 0.1) is 20.8 Å². The summed E-state index contributed by atoms with van der Waals surface area (Å²) in [7, 11) is 0. The van der Waals surface area contributed by atoms with Gasteiger partial charge in [0.05, 0.1) is 23.8 Å². The Labute approximate surface area is 154 Å². The molecule has 0 fully saturated rings. The summed E-state index contributed by atoms with van der Waals surface area (Å²) in [5.74, 6) is -0.0773. The summed E-state index contributed by atoms with van der Waals surface area (Å²) in [5, 5.41) is 7.67. The first-order valence-electron chi connectivity index (χ1n) is 8.91. The summed E-state index contributed by atoms with van der Waals surface area (Å²) in [4.78, 5) is 12.8. The number of benzene rings is 2. The fraction of sp³-hybridized carbons (Fsp3) is 0.273. The van der Waals surface area contributed by atoms with Crippen LogP contribution in [0.2, 0.25) is 0 Å². The molecule has 4 nitrogen and oxygen atoms in total. The lowest BCUT2D eigenvalue weighted by Crippen LogP contribution is -2.27. The Morgan fingerprint density at radius 1 is 1.04 bits per heavy atom. The highest BCUT2D eigenvalue weighted by Crippen LogP contribution is 2.18. The number of rotatable bonds is 5. The lowest BCUT2D eigenvalue weighted by Gasteiger charge is -2.14. The standard InChI is InChI=1S/C22H25N3O/c1-15-10-12-19(13-11-15)14-25-18(4)21(17(3)24-25)22(26)23-16(2)20-8-6-5-7-9-20/h5-13,16H,14H2,1-4H3,(H,23,26)/t16-/m1/s1. The lowest BCUT2D eigenvalue weighted by atomic mass is 10.1. The van der Waals surface area contributed by atoms with Crippen molar-refractivity contribution in [3.63, 3.8) is 0 Å². The molecule has 0 saturated heterocycles. The normalized spacial score (nSPS) is 12.0. The summed E-state index contributed by atoms with van der Waals surface area (Å²) in [6, 6.07) is 18.3. The van der Waals surface area contributed by atoms with Gasteiger partial charge in [-0.25, -0.2) is 0 Å². The van der Waals surface area contributed by atoms with Crippen molar-refractivity contribution < 1.29 is 4.79 Å². The Hall–Kier alpha value is -2.88. The molecule has 1 amide bonds. The van der Waals surface area contributed by atoms with Gasteiger partial charge in [-0.15, -0.1) is 0 Å². The highest BCUT2D eigenvalue weighted by Gasteiger charge is 2.20. The SMILES string of the molecule is Cc1ccc(Cn2nc(C)c(C(=O)N[C@H](C)c3ccccc3)c2C)cc1. The van der Waals surface area contributed by atoms with Gasteiger partial charge in [-0.05, 0) is 38.8 Å². The van der Waals surface area contributed by atoms with Gasteiger partial charge in [-0.2, -0.15) is 5.10 Å². The van der Waals surface area contributed by atoms with E-state index in [1.54, 1.807) is 0 Å². The number of hydrogen-bond acceptors (Lipinski definition) is 2. The molecule has 0 spiro atoms. The number of hydrogen-bond donors (Lipinski definition) is 1. The molecular formula is C22H25N3O. The van der Waals surface area contributed by atoms with Gasteiger partial charge in [0, 0.05) is 5.69 Å². The van der Waals surface area contributed by atoms with Gasteiger partial charge in [0.1, 0.15) is 0 Å². The van der Waals surface area contributed by atoms with Gasteiger partial charge in [-0.3, -0.25) is 9.48 Å². The summed E-state index contributed by atoms with van der Waals surface area (Å²) < 4.78 is 1.90. The number of nitrogens with zero attached hydrogens (tertiary/aromatic N) is 2. The van der Waals surface area contributed by atoms with E-state index >= 15 is 0 Å². The lowest BCUT2D eigenvalue weighted by molar-refractivity contribution is 0.0938. The van der Waals surface area contributed by atoms with Crippen LogP contribution in [0.3, 0.4) is 0 Å². The van der Waals surface area contributed by atoms with Crippen LogP contribution in [0.5, 0.6) is 0 Å². The van der Waals surface area contributed by atoms with Crippen LogP contribution in [-0.2, 0) is 6.54 Å². The van der Waals surface area contributed by atoms with E-state index in [9.17, 15) is 4.79 Å². The molecule has 0 aliphatic carbocycles. The molecule has 1 aromatic heterocycles. The smallest absolute Gasteiger partial charge is 0.255 e. The molecule has 26 heavy (non-hydrogen) atoms. The second-order valence-corrected chi connectivity index (χ2v) is 6.79. The molecule has 1 atom stereocenters. The van der Waals surface area contributed by atoms with Crippen LogP contribution < -0.4 is 5.32 Å². The first-order valence-corrected chi connectivity index (χ1v) is 8.91. The van der Waals surface area contributed by atoms with Crippen molar-refractivity contribution in [3.8, 4) is 0 Å². The number of amides is 1. The van der Waals surface area contributed by atoms with Crippen molar-refractivity contribution in [2.75, 3.05) is 0 Å². The highest BCUT2D eigenvalue weighted by molar-refractivity contribution is 5.96. The van der Waals surface area contributed by atoms with Crippen LogP contribution >= 0.6 is 0 Å². The van der Waals surface area contributed by atoms with Crippen LogP contribution in [0.4, 0.5) is 0 Å².